The first-order valence-corrected chi connectivity index (χ1v) is 7.07. The van der Waals surface area contributed by atoms with Crippen molar-refractivity contribution in [3.8, 4) is 0 Å². The first-order chi connectivity index (χ1) is 7.61. The van der Waals surface area contributed by atoms with E-state index in [1.807, 2.05) is 0 Å². The predicted octanol–water partition coefficient (Wildman–Crippen LogP) is 3.22. The van der Waals surface area contributed by atoms with Gasteiger partial charge < -0.3 is 0 Å². The molecule has 0 aliphatic heterocycles. The molecule has 16 heavy (non-hydrogen) atoms. The van der Waals surface area contributed by atoms with Gasteiger partial charge in [0.05, 0.1) is 0 Å². The quantitative estimate of drug-likeness (QED) is 0.568. The lowest BCUT2D eigenvalue weighted by atomic mass is 9.69. The highest BCUT2D eigenvalue weighted by atomic mass is 15.2. The van der Waals surface area contributed by atoms with Crippen LogP contribution < -0.4 is 11.3 Å². The van der Waals surface area contributed by atoms with Crippen molar-refractivity contribution in [1.29, 1.82) is 0 Å². The van der Waals surface area contributed by atoms with E-state index in [0.717, 1.165) is 11.8 Å². The van der Waals surface area contributed by atoms with E-state index in [1.54, 1.807) is 0 Å². The molecule has 0 aromatic heterocycles. The van der Waals surface area contributed by atoms with Crippen molar-refractivity contribution in [1.82, 2.24) is 5.43 Å². The van der Waals surface area contributed by atoms with Gasteiger partial charge in [-0.05, 0) is 49.4 Å². The molecular formula is C14H28N2. The molecule has 1 unspecified atom stereocenters. The lowest BCUT2D eigenvalue weighted by molar-refractivity contribution is 0.137. The molecule has 2 heteroatoms. The van der Waals surface area contributed by atoms with Crippen molar-refractivity contribution >= 4 is 0 Å². The van der Waals surface area contributed by atoms with Gasteiger partial charge in [-0.25, -0.2) is 0 Å². The zero-order chi connectivity index (χ0) is 11.6. The standard InChI is InChI=1S/C14H28N2/c1-14(2)8-6-12(7-9-14)13(16-15)10-11-4-3-5-11/h11-13,16H,3-10,15H2,1-2H3. The van der Waals surface area contributed by atoms with Crippen molar-refractivity contribution in [2.45, 2.75) is 71.3 Å². The van der Waals surface area contributed by atoms with E-state index in [1.165, 1.54) is 51.4 Å². The molecule has 1 atom stereocenters. The van der Waals surface area contributed by atoms with Crippen molar-refractivity contribution in [2.75, 3.05) is 0 Å². The third-order valence-corrected chi connectivity index (χ3v) is 4.98. The molecule has 2 saturated carbocycles. The SMILES string of the molecule is CC1(C)CCC(C(CC2CCC2)NN)CC1. The van der Waals surface area contributed by atoms with Crippen LogP contribution in [0.5, 0.6) is 0 Å². The minimum atomic E-state index is 0.576. The zero-order valence-electron chi connectivity index (χ0n) is 11.0. The van der Waals surface area contributed by atoms with Crippen LogP contribution >= 0.6 is 0 Å². The largest absolute Gasteiger partial charge is 0.271 e. The second kappa shape index (κ2) is 5.05. The lowest BCUT2D eigenvalue weighted by Gasteiger charge is -2.40. The van der Waals surface area contributed by atoms with Crippen molar-refractivity contribution < 1.29 is 0 Å². The molecule has 0 bridgehead atoms. The molecule has 2 fully saturated rings. The normalized spacial score (nSPS) is 28.7. The molecule has 0 amide bonds. The summed E-state index contributed by atoms with van der Waals surface area (Å²) in [6.07, 6.45) is 11.1. The molecule has 2 aliphatic carbocycles. The van der Waals surface area contributed by atoms with Gasteiger partial charge in [0.1, 0.15) is 0 Å². The molecule has 2 rings (SSSR count). The summed E-state index contributed by atoms with van der Waals surface area (Å²) in [5.41, 5.74) is 3.67. The van der Waals surface area contributed by atoms with Crippen LogP contribution in [0.2, 0.25) is 0 Å². The summed E-state index contributed by atoms with van der Waals surface area (Å²) in [4.78, 5) is 0. The van der Waals surface area contributed by atoms with E-state index >= 15 is 0 Å². The third-order valence-electron chi connectivity index (χ3n) is 4.98. The fraction of sp³-hybridized carbons (Fsp3) is 1.00. The van der Waals surface area contributed by atoms with Gasteiger partial charge >= 0.3 is 0 Å². The number of nitrogens with one attached hydrogen (secondary N) is 1. The average molecular weight is 224 g/mol. The van der Waals surface area contributed by atoms with Crippen LogP contribution in [0, 0.1) is 17.3 Å². The fourth-order valence-corrected chi connectivity index (χ4v) is 3.31. The Kier molecular flexibility index (Phi) is 3.91. The summed E-state index contributed by atoms with van der Waals surface area (Å²) >= 11 is 0. The molecule has 3 N–H and O–H groups in total. The molecule has 0 saturated heterocycles. The van der Waals surface area contributed by atoms with Crippen LogP contribution in [0.25, 0.3) is 0 Å². The van der Waals surface area contributed by atoms with Crippen LogP contribution in [0.1, 0.15) is 65.2 Å². The van der Waals surface area contributed by atoms with Crippen LogP contribution in [0.4, 0.5) is 0 Å². The summed E-state index contributed by atoms with van der Waals surface area (Å²) in [5, 5.41) is 0. The van der Waals surface area contributed by atoms with Crippen molar-refractivity contribution in [3.63, 3.8) is 0 Å². The molecule has 0 aromatic carbocycles. The van der Waals surface area contributed by atoms with Gasteiger partial charge in [0.15, 0.2) is 0 Å². The van der Waals surface area contributed by atoms with Gasteiger partial charge in [0.2, 0.25) is 0 Å². The molecule has 0 radical (unpaired) electrons. The average Bonchev–Trinajstić information content (AvgIpc) is 2.18. The summed E-state index contributed by atoms with van der Waals surface area (Å²) in [6, 6.07) is 0.585. The number of hydrogen-bond donors (Lipinski definition) is 2. The van der Waals surface area contributed by atoms with E-state index in [2.05, 4.69) is 19.3 Å². The first kappa shape index (κ1) is 12.4. The predicted molar refractivity (Wildman–Crippen MR) is 68.8 cm³/mol. The number of nitrogens with two attached hydrogens (primary N) is 1. The van der Waals surface area contributed by atoms with Crippen molar-refractivity contribution in [2.24, 2.45) is 23.1 Å². The van der Waals surface area contributed by atoms with E-state index < -0.39 is 0 Å². The number of hydrazine groups is 1. The van der Waals surface area contributed by atoms with Crippen molar-refractivity contribution in [3.05, 3.63) is 0 Å². The number of hydrogen-bond acceptors (Lipinski definition) is 2. The van der Waals surface area contributed by atoms with Crippen LogP contribution in [0.3, 0.4) is 0 Å². The Bertz CT molecular complexity index is 211. The van der Waals surface area contributed by atoms with Gasteiger partial charge in [-0.3, -0.25) is 11.3 Å². The highest BCUT2D eigenvalue weighted by molar-refractivity contribution is 4.86. The summed E-state index contributed by atoms with van der Waals surface area (Å²) in [6.45, 7) is 4.81. The van der Waals surface area contributed by atoms with Gasteiger partial charge in [-0.15, -0.1) is 0 Å². The van der Waals surface area contributed by atoms with Gasteiger partial charge in [0, 0.05) is 6.04 Å². The second-order valence-corrected chi connectivity index (χ2v) is 6.81. The number of rotatable bonds is 4. The Morgan fingerprint density at radius 3 is 2.25 bits per heavy atom. The van der Waals surface area contributed by atoms with Crippen LogP contribution in [-0.4, -0.2) is 6.04 Å². The molecule has 0 spiro atoms. The molecule has 2 nitrogen and oxygen atoms in total. The smallest absolute Gasteiger partial charge is 0.0241 e. The van der Waals surface area contributed by atoms with Crippen LogP contribution in [0.15, 0.2) is 0 Å². The Labute approximate surface area is 100 Å². The highest BCUT2D eigenvalue weighted by Crippen LogP contribution is 2.41. The van der Waals surface area contributed by atoms with Gasteiger partial charge in [-0.1, -0.05) is 33.1 Å². The Hall–Kier alpha value is -0.0800. The highest BCUT2D eigenvalue weighted by Gasteiger charge is 2.32. The molecule has 94 valence electrons. The van der Waals surface area contributed by atoms with E-state index in [-0.39, 0.29) is 0 Å². The molecule has 2 aliphatic rings. The monoisotopic (exact) mass is 224 g/mol. The molecule has 0 heterocycles. The Morgan fingerprint density at radius 1 is 1.19 bits per heavy atom. The summed E-state index contributed by atoms with van der Waals surface area (Å²) < 4.78 is 0. The minimum absolute atomic E-state index is 0.576. The Balaban J connectivity index is 1.80. The van der Waals surface area contributed by atoms with Gasteiger partial charge in [-0.2, -0.15) is 0 Å². The molecule has 0 aromatic rings. The maximum absolute atomic E-state index is 5.75. The minimum Gasteiger partial charge on any atom is -0.271 e. The summed E-state index contributed by atoms with van der Waals surface area (Å²) in [5.74, 6) is 7.55. The second-order valence-electron chi connectivity index (χ2n) is 6.81. The van der Waals surface area contributed by atoms with Crippen LogP contribution in [-0.2, 0) is 0 Å². The summed E-state index contributed by atoms with van der Waals surface area (Å²) in [7, 11) is 0. The maximum atomic E-state index is 5.75. The fourth-order valence-electron chi connectivity index (χ4n) is 3.31. The molecular weight excluding hydrogens is 196 g/mol. The van der Waals surface area contributed by atoms with E-state index in [4.69, 9.17) is 5.84 Å². The first-order valence-electron chi connectivity index (χ1n) is 7.07. The van der Waals surface area contributed by atoms with Gasteiger partial charge in [0.25, 0.3) is 0 Å². The van der Waals surface area contributed by atoms with E-state index in [9.17, 15) is 0 Å². The topological polar surface area (TPSA) is 38.0 Å². The van der Waals surface area contributed by atoms with E-state index in [0.29, 0.717) is 11.5 Å². The maximum Gasteiger partial charge on any atom is 0.0241 e. The Morgan fingerprint density at radius 2 is 1.81 bits per heavy atom. The lowest BCUT2D eigenvalue weighted by Crippen LogP contribution is -2.44. The third kappa shape index (κ3) is 2.98. The zero-order valence-corrected chi connectivity index (χ0v) is 11.0.